The molecule has 156 valence electrons. The predicted molar refractivity (Wildman–Crippen MR) is 117 cm³/mol. The van der Waals surface area contributed by atoms with Gasteiger partial charge in [0.05, 0.1) is 24.8 Å². The van der Waals surface area contributed by atoms with Gasteiger partial charge in [-0.1, -0.05) is 12.1 Å². The number of hydrogen-bond donors (Lipinski definition) is 2. The highest BCUT2D eigenvalue weighted by atomic mass is 32.1. The number of ether oxygens (including phenoxy) is 2. The normalized spacial score (nSPS) is 13.3. The van der Waals surface area contributed by atoms with E-state index in [2.05, 4.69) is 15.6 Å². The van der Waals surface area contributed by atoms with Gasteiger partial charge in [-0.25, -0.2) is 14.8 Å². The van der Waals surface area contributed by atoms with Crippen LogP contribution in [-0.4, -0.2) is 61.3 Å². The van der Waals surface area contributed by atoms with E-state index < -0.39 is 0 Å². The molecule has 1 aliphatic heterocycles. The third-order valence-corrected chi connectivity index (χ3v) is 5.72. The van der Waals surface area contributed by atoms with Gasteiger partial charge in [-0.2, -0.15) is 0 Å². The molecule has 1 aromatic carbocycles. The summed E-state index contributed by atoms with van der Waals surface area (Å²) in [6.07, 6.45) is 1.81. The van der Waals surface area contributed by atoms with Crippen LogP contribution in [0.1, 0.15) is 0 Å². The molecule has 30 heavy (non-hydrogen) atoms. The smallest absolute Gasteiger partial charge is 0.317 e. The Balaban J connectivity index is 1.60. The molecule has 3 heterocycles. The van der Waals surface area contributed by atoms with Gasteiger partial charge in [0.2, 0.25) is 5.95 Å². The molecular formula is C21H23N5O3S. The Morgan fingerprint density at radius 3 is 2.80 bits per heavy atom. The van der Waals surface area contributed by atoms with Crippen LogP contribution in [0.3, 0.4) is 0 Å². The van der Waals surface area contributed by atoms with Gasteiger partial charge in [-0.15, -0.1) is 11.3 Å². The van der Waals surface area contributed by atoms with E-state index in [4.69, 9.17) is 14.5 Å². The first-order valence-electron chi connectivity index (χ1n) is 9.59. The fourth-order valence-electron chi connectivity index (χ4n) is 3.31. The number of carbonyl (C=O) groups is 1. The molecule has 1 saturated heterocycles. The van der Waals surface area contributed by atoms with Crippen molar-refractivity contribution in [1.82, 2.24) is 20.2 Å². The lowest BCUT2D eigenvalue weighted by atomic mass is 10.0. The summed E-state index contributed by atoms with van der Waals surface area (Å²) in [4.78, 5) is 23.7. The molecule has 8 nitrogen and oxygen atoms in total. The van der Waals surface area contributed by atoms with Gasteiger partial charge in [-0.3, -0.25) is 0 Å². The fraction of sp³-hybridized carbons (Fsp3) is 0.286. The third-order valence-electron chi connectivity index (χ3n) is 4.85. The van der Waals surface area contributed by atoms with Crippen molar-refractivity contribution in [1.29, 1.82) is 0 Å². The van der Waals surface area contributed by atoms with Crippen LogP contribution in [0.25, 0.3) is 21.7 Å². The van der Waals surface area contributed by atoms with Crippen LogP contribution in [0, 0.1) is 0 Å². The van der Waals surface area contributed by atoms with Gasteiger partial charge >= 0.3 is 6.03 Å². The highest BCUT2D eigenvalue weighted by Gasteiger charge is 2.19. The molecule has 9 heteroatoms. The van der Waals surface area contributed by atoms with E-state index in [1.165, 1.54) is 0 Å². The molecule has 2 N–H and O–H groups in total. The van der Waals surface area contributed by atoms with E-state index in [0.717, 1.165) is 28.2 Å². The van der Waals surface area contributed by atoms with Crippen molar-refractivity contribution < 1.29 is 14.3 Å². The lowest BCUT2D eigenvalue weighted by Crippen LogP contribution is -2.32. The second kappa shape index (κ2) is 9.00. The van der Waals surface area contributed by atoms with Gasteiger partial charge in [-0.05, 0) is 29.1 Å². The molecular weight excluding hydrogens is 402 g/mol. The average Bonchev–Trinajstić information content (AvgIpc) is 3.45. The first-order chi connectivity index (χ1) is 14.7. The molecule has 0 unspecified atom stereocenters. The first-order valence-corrected chi connectivity index (χ1v) is 10.5. The maximum Gasteiger partial charge on any atom is 0.317 e. The van der Waals surface area contributed by atoms with Crippen LogP contribution >= 0.6 is 11.3 Å². The van der Waals surface area contributed by atoms with Crippen molar-refractivity contribution in [3.8, 4) is 33.2 Å². The lowest BCUT2D eigenvalue weighted by molar-refractivity contribution is 0.219. The van der Waals surface area contributed by atoms with Crippen molar-refractivity contribution in [2.24, 2.45) is 0 Å². The largest absolute Gasteiger partial charge is 0.493 e. The Hall–Kier alpha value is -3.33. The zero-order chi connectivity index (χ0) is 20.9. The highest BCUT2D eigenvalue weighted by Crippen LogP contribution is 2.37. The number of methoxy groups -OCH3 is 2. The Morgan fingerprint density at radius 2 is 2.10 bits per heavy atom. The van der Waals surface area contributed by atoms with Crippen molar-refractivity contribution in [3.63, 3.8) is 0 Å². The Kier molecular flexibility index (Phi) is 5.99. The van der Waals surface area contributed by atoms with Crippen LogP contribution < -0.4 is 20.1 Å². The van der Waals surface area contributed by atoms with Gasteiger partial charge in [0.1, 0.15) is 0 Å². The fourth-order valence-corrected chi connectivity index (χ4v) is 4.04. The third kappa shape index (κ3) is 4.16. The monoisotopic (exact) mass is 425 g/mol. The summed E-state index contributed by atoms with van der Waals surface area (Å²) < 4.78 is 10.8. The molecule has 1 fully saturated rings. The van der Waals surface area contributed by atoms with Gasteiger partial charge in [0.25, 0.3) is 0 Å². The number of nitrogens with one attached hydrogen (secondary N) is 2. The summed E-state index contributed by atoms with van der Waals surface area (Å²) in [6.45, 7) is 2.59. The van der Waals surface area contributed by atoms with Crippen molar-refractivity contribution >= 4 is 23.3 Å². The standard InChI is InChI=1S/C21H23N5O3S/c1-28-16-6-5-14(12-17(16)29-2)15-13-24-20(25-19(15)18-4-3-11-30-18)22-7-9-26-10-8-23-21(26)27/h3-6,11-13H,7-10H2,1-2H3,(H,23,27)(H,22,24,25). The van der Waals surface area contributed by atoms with Crippen LogP contribution in [0.2, 0.25) is 0 Å². The number of thiophene rings is 1. The van der Waals surface area contributed by atoms with E-state index in [-0.39, 0.29) is 6.03 Å². The van der Waals surface area contributed by atoms with Crippen LogP contribution in [0.4, 0.5) is 10.7 Å². The number of aromatic nitrogens is 2. The van der Waals surface area contributed by atoms with Gasteiger partial charge in [0, 0.05) is 37.9 Å². The molecule has 1 aliphatic rings. The molecule has 2 amide bonds. The predicted octanol–water partition coefficient (Wildman–Crippen LogP) is 3.33. The van der Waals surface area contributed by atoms with E-state index in [1.54, 1.807) is 30.5 Å². The van der Waals surface area contributed by atoms with E-state index in [1.807, 2.05) is 41.9 Å². The zero-order valence-electron chi connectivity index (χ0n) is 16.8. The number of urea groups is 1. The zero-order valence-corrected chi connectivity index (χ0v) is 17.7. The van der Waals surface area contributed by atoms with Gasteiger partial charge < -0.3 is 25.0 Å². The average molecular weight is 426 g/mol. The van der Waals surface area contributed by atoms with E-state index in [0.29, 0.717) is 37.1 Å². The topological polar surface area (TPSA) is 88.6 Å². The molecule has 3 aromatic rings. The summed E-state index contributed by atoms with van der Waals surface area (Å²) in [5, 5.41) is 8.05. The second-order valence-electron chi connectivity index (χ2n) is 6.65. The van der Waals surface area contributed by atoms with Crippen LogP contribution in [-0.2, 0) is 0 Å². The maximum atomic E-state index is 11.7. The molecule has 0 spiro atoms. The maximum absolute atomic E-state index is 11.7. The summed E-state index contributed by atoms with van der Waals surface area (Å²) in [6, 6.07) is 9.78. The summed E-state index contributed by atoms with van der Waals surface area (Å²) >= 11 is 1.62. The minimum Gasteiger partial charge on any atom is -0.493 e. The first kappa shape index (κ1) is 20.0. The Morgan fingerprint density at radius 1 is 1.23 bits per heavy atom. The minimum atomic E-state index is -0.0270. The molecule has 4 rings (SSSR count). The van der Waals surface area contributed by atoms with Crippen LogP contribution in [0.15, 0.2) is 41.9 Å². The molecule has 0 saturated carbocycles. The number of carbonyl (C=O) groups excluding carboxylic acids is 1. The summed E-state index contributed by atoms with van der Waals surface area (Å²) in [5.74, 6) is 1.85. The lowest BCUT2D eigenvalue weighted by Gasteiger charge is -2.15. The molecule has 0 bridgehead atoms. The van der Waals surface area contributed by atoms with Crippen molar-refractivity contribution in [2.45, 2.75) is 0 Å². The number of nitrogens with zero attached hydrogens (tertiary/aromatic N) is 3. The van der Waals surface area contributed by atoms with Crippen molar-refractivity contribution in [3.05, 3.63) is 41.9 Å². The highest BCUT2D eigenvalue weighted by molar-refractivity contribution is 7.13. The number of amides is 2. The molecule has 0 atom stereocenters. The number of anilines is 1. The minimum absolute atomic E-state index is 0.0270. The Labute approximate surface area is 178 Å². The summed E-state index contributed by atoms with van der Waals surface area (Å²) in [5.41, 5.74) is 2.69. The van der Waals surface area contributed by atoms with Gasteiger partial charge in [0.15, 0.2) is 11.5 Å². The second-order valence-corrected chi connectivity index (χ2v) is 7.60. The van der Waals surface area contributed by atoms with E-state index in [9.17, 15) is 4.79 Å². The molecule has 0 radical (unpaired) electrons. The molecule has 0 aliphatic carbocycles. The SMILES string of the molecule is COc1ccc(-c2cnc(NCCN3CCNC3=O)nc2-c2cccs2)cc1OC. The molecule has 2 aromatic heterocycles. The van der Waals surface area contributed by atoms with E-state index >= 15 is 0 Å². The Bertz CT molecular complexity index is 1030. The number of benzene rings is 1. The van der Waals surface area contributed by atoms with Crippen LogP contribution in [0.5, 0.6) is 11.5 Å². The quantitative estimate of drug-likeness (QED) is 0.576. The number of hydrogen-bond acceptors (Lipinski definition) is 7. The summed E-state index contributed by atoms with van der Waals surface area (Å²) in [7, 11) is 3.23. The van der Waals surface area contributed by atoms with Crippen molar-refractivity contribution in [2.75, 3.05) is 45.7 Å². The number of rotatable bonds is 8.